The summed E-state index contributed by atoms with van der Waals surface area (Å²) in [7, 11) is 0. The molecule has 1 aromatic rings. The molecule has 18 heavy (non-hydrogen) atoms. The Balaban J connectivity index is 2.69. The predicted octanol–water partition coefficient (Wildman–Crippen LogP) is 3.61. The fourth-order valence-corrected chi connectivity index (χ4v) is 1.55. The fourth-order valence-electron chi connectivity index (χ4n) is 1.32. The maximum Gasteiger partial charge on any atom is 0.416 e. The van der Waals surface area contributed by atoms with Crippen LogP contribution < -0.4 is 5.32 Å². The number of hydrogen-bond acceptors (Lipinski definition) is 1. The number of nitrogens with one attached hydrogen (secondary N) is 1. The molecule has 0 fully saturated rings. The van der Waals surface area contributed by atoms with Crippen LogP contribution in [0.25, 0.3) is 0 Å². The zero-order valence-electron chi connectivity index (χ0n) is 9.72. The Hall–Kier alpha value is -1.04. The second-order valence-electron chi connectivity index (χ2n) is 3.90. The summed E-state index contributed by atoms with van der Waals surface area (Å²) in [6.07, 6.45) is -3.72. The van der Waals surface area contributed by atoms with Crippen molar-refractivity contribution in [2.24, 2.45) is 0 Å². The maximum atomic E-state index is 12.5. The molecule has 0 spiro atoms. The van der Waals surface area contributed by atoms with Gasteiger partial charge in [-0.1, -0.05) is 28.9 Å². The first-order chi connectivity index (χ1) is 8.30. The van der Waals surface area contributed by atoms with E-state index in [-0.39, 0.29) is 10.4 Å². The summed E-state index contributed by atoms with van der Waals surface area (Å²) in [6.45, 7) is 2.35. The average Bonchev–Trinajstić information content (AvgIpc) is 2.27. The van der Waals surface area contributed by atoms with E-state index in [1.54, 1.807) is 0 Å². The minimum absolute atomic E-state index is 0.0204. The topological polar surface area (TPSA) is 29.1 Å². The molecule has 6 heteroatoms. The highest BCUT2D eigenvalue weighted by molar-refractivity contribution is 9.09. The molecule has 2 nitrogen and oxygen atoms in total. The Morgan fingerprint density at radius 2 is 2.11 bits per heavy atom. The van der Waals surface area contributed by atoms with Crippen molar-refractivity contribution in [3.8, 4) is 0 Å². The van der Waals surface area contributed by atoms with Crippen LogP contribution in [0.4, 0.5) is 13.2 Å². The van der Waals surface area contributed by atoms with E-state index in [2.05, 4.69) is 21.2 Å². The zero-order chi connectivity index (χ0) is 13.8. The molecule has 100 valence electrons. The number of benzene rings is 1. The predicted molar refractivity (Wildman–Crippen MR) is 66.8 cm³/mol. The number of amides is 1. The summed E-state index contributed by atoms with van der Waals surface area (Å²) in [4.78, 5) is 11.9. The van der Waals surface area contributed by atoms with Crippen molar-refractivity contribution in [3.05, 3.63) is 35.4 Å². The normalized spacial score (nSPS) is 13.2. The van der Waals surface area contributed by atoms with E-state index in [0.717, 1.165) is 12.1 Å². The molecule has 1 aromatic carbocycles. The lowest BCUT2D eigenvalue weighted by molar-refractivity contribution is -0.137. The minimum Gasteiger partial charge on any atom is -0.352 e. The van der Waals surface area contributed by atoms with E-state index in [9.17, 15) is 18.0 Å². The highest BCUT2D eigenvalue weighted by Gasteiger charge is 2.30. The summed E-state index contributed by atoms with van der Waals surface area (Å²) >= 11 is 3.32. The molecule has 0 heterocycles. The molecule has 0 bridgehead atoms. The molecule has 0 radical (unpaired) electrons. The highest BCUT2D eigenvalue weighted by atomic mass is 79.9. The van der Waals surface area contributed by atoms with Crippen molar-refractivity contribution >= 4 is 21.8 Å². The largest absolute Gasteiger partial charge is 0.416 e. The first-order valence-corrected chi connectivity index (χ1v) is 6.32. The molecule has 0 aliphatic carbocycles. The number of rotatable bonds is 4. The van der Waals surface area contributed by atoms with E-state index in [4.69, 9.17) is 0 Å². The fraction of sp³-hybridized carbons (Fsp3) is 0.417. The lowest BCUT2D eigenvalue weighted by Crippen LogP contribution is -2.26. The molecular weight excluding hydrogens is 311 g/mol. The van der Waals surface area contributed by atoms with Crippen LogP contribution in [0, 0.1) is 0 Å². The van der Waals surface area contributed by atoms with Crippen LogP contribution in [0.15, 0.2) is 24.3 Å². The van der Waals surface area contributed by atoms with Crippen molar-refractivity contribution < 1.29 is 18.0 Å². The molecule has 1 N–H and O–H groups in total. The van der Waals surface area contributed by atoms with Crippen LogP contribution in [-0.2, 0) is 6.18 Å². The third-order valence-electron chi connectivity index (χ3n) is 2.28. The van der Waals surface area contributed by atoms with Crippen LogP contribution in [0.3, 0.4) is 0 Å². The first-order valence-electron chi connectivity index (χ1n) is 5.40. The van der Waals surface area contributed by atoms with Gasteiger partial charge in [0.2, 0.25) is 0 Å². The summed E-state index contributed by atoms with van der Waals surface area (Å²) < 4.78 is 37.4. The van der Waals surface area contributed by atoms with Gasteiger partial charge < -0.3 is 5.32 Å². The van der Waals surface area contributed by atoms with Gasteiger partial charge in [0.1, 0.15) is 0 Å². The van der Waals surface area contributed by atoms with Crippen LogP contribution in [-0.4, -0.2) is 17.3 Å². The van der Waals surface area contributed by atoms with Gasteiger partial charge in [-0.15, -0.1) is 0 Å². The number of hydrogen-bond donors (Lipinski definition) is 1. The molecule has 0 saturated heterocycles. The van der Waals surface area contributed by atoms with Gasteiger partial charge in [0, 0.05) is 16.9 Å². The van der Waals surface area contributed by atoms with Gasteiger partial charge in [0.05, 0.1) is 5.56 Å². The summed E-state index contributed by atoms with van der Waals surface area (Å²) in [5.74, 6) is -0.491. The van der Waals surface area contributed by atoms with E-state index in [1.165, 1.54) is 12.1 Å². The van der Waals surface area contributed by atoms with E-state index in [0.29, 0.717) is 13.0 Å². The molecular formula is C12H13BrF3NO. The van der Waals surface area contributed by atoms with Crippen molar-refractivity contribution in [2.75, 3.05) is 6.54 Å². The SMILES string of the molecule is CC(Br)CCNC(=O)c1cccc(C(F)(F)F)c1. The summed E-state index contributed by atoms with van der Waals surface area (Å²) in [6, 6.07) is 4.39. The lowest BCUT2D eigenvalue weighted by atomic mass is 10.1. The van der Waals surface area contributed by atoms with Crippen LogP contribution in [0.1, 0.15) is 29.3 Å². The summed E-state index contributed by atoms with van der Waals surface area (Å²) in [5.41, 5.74) is -0.795. The number of carbonyl (C=O) groups is 1. The Kier molecular flexibility index (Phi) is 5.19. The van der Waals surface area contributed by atoms with Crippen LogP contribution in [0.5, 0.6) is 0 Å². The van der Waals surface area contributed by atoms with Gasteiger partial charge in [0.25, 0.3) is 5.91 Å². The van der Waals surface area contributed by atoms with Gasteiger partial charge >= 0.3 is 6.18 Å². The average molecular weight is 324 g/mol. The lowest BCUT2D eigenvalue weighted by Gasteiger charge is -2.09. The van der Waals surface area contributed by atoms with E-state index in [1.807, 2.05) is 6.92 Å². The van der Waals surface area contributed by atoms with Crippen LogP contribution in [0.2, 0.25) is 0 Å². The molecule has 0 aromatic heterocycles. The Morgan fingerprint density at radius 3 is 2.67 bits per heavy atom. The van der Waals surface area contributed by atoms with Crippen molar-refractivity contribution in [1.29, 1.82) is 0 Å². The Bertz CT molecular complexity index is 418. The Labute approximate surface area is 112 Å². The molecule has 0 saturated carbocycles. The van der Waals surface area contributed by atoms with Gasteiger partial charge in [-0.25, -0.2) is 0 Å². The number of carbonyl (C=O) groups excluding carboxylic acids is 1. The highest BCUT2D eigenvalue weighted by Crippen LogP contribution is 2.29. The van der Waals surface area contributed by atoms with Crippen molar-refractivity contribution in [2.45, 2.75) is 24.3 Å². The molecule has 1 atom stereocenters. The standard InChI is InChI=1S/C12H13BrF3NO/c1-8(13)5-6-17-11(18)9-3-2-4-10(7-9)12(14,15)16/h2-4,7-8H,5-6H2,1H3,(H,17,18). The third kappa shape index (κ3) is 4.68. The van der Waals surface area contributed by atoms with Crippen molar-refractivity contribution in [1.82, 2.24) is 5.32 Å². The van der Waals surface area contributed by atoms with Gasteiger partial charge in [-0.2, -0.15) is 13.2 Å². The maximum absolute atomic E-state index is 12.5. The molecule has 0 aliphatic heterocycles. The summed E-state index contributed by atoms with van der Waals surface area (Å²) in [5, 5.41) is 2.57. The zero-order valence-corrected chi connectivity index (χ0v) is 11.3. The second-order valence-corrected chi connectivity index (χ2v) is 5.47. The molecule has 1 unspecified atom stereocenters. The second kappa shape index (κ2) is 6.22. The van der Waals surface area contributed by atoms with Gasteiger partial charge in [0.15, 0.2) is 0 Å². The third-order valence-corrected chi connectivity index (χ3v) is 2.74. The van der Waals surface area contributed by atoms with Gasteiger partial charge in [-0.3, -0.25) is 4.79 Å². The van der Waals surface area contributed by atoms with E-state index < -0.39 is 17.6 Å². The van der Waals surface area contributed by atoms with Gasteiger partial charge in [-0.05, 0) is 24.6 Å². The van der Waals surface area contributed by atoms with Crippen molar-refractivity contribution in [3.63, 3.8) is 0 Å². The minimum atomic E-state index is -4.43. The first kappa shape index (κ1) is 15.0. The number of alkyl halides is 4. The Morgan fingerprint density at radius 1 is 1.44 bits per heavy atom. The quantitative estimate of drug-likeness (QED) is 0.843. The van der Waals surface area contributed by atoms with Crippen LogP contribution >= 0.6 is 15.9 Å². The molecule has 0 aliphatic rings. The monoisotopic (exact) mass is 323 g/mol. The molecule has 1 amide bonds. The van der Waals surface area contributed by atoms with E-state index >= 15 is 0 Å². The smallest absolute Gasteiger partial charge is 0.352 e. The number of halogens is 4. The molecule has 1 rings (SSSR count).